The van der Waals surface area contributed by atoms with E-state index in [4.69, 9.17) is 9.47 Å². The highest BCUT2D eigenvalue weighted by Crippen LogP contribution is 2.66. The van der Waals surface area contributed by atoms with Crippen molar-refractivity contribution < 1.29 is 14.3 Å². The molecule has 0 unspecified atom stereocenters. The van der Waals surface area contributed by atoms with Gasteiger partial charge in [-0.1, -0.05) is 20.8 Å². The van der Waals surface area contributed by atoms with Gasteiger partial charge in [-0.15, -0.1) is 0 Å². The Kier molecular flexibility index (Phi) is 4.52. The average Bonchev–Trinajstić information content (AvgIpc) is 2.82. The molecule has 0 aromatic heterocycles. The molecule has 1 aliphatic heterocycles. The minimum atomic E-state index is 0.00262. The summed E-state index contributed by atoms with van der Waals surface area (Å²) < 4.78 is 11.2. The fourth-order valence-electron chi connectivity index (χ4n) is 4.80. The van der Waals surface area contributed by atoms with E-state index in [9.17, 15) is 4.79 Å². The summed E-state index contributed by atoms with van der Waals surface area (Å²) in [5.74, 6) is 0.728. The normalized spacial score (nSPS) is 37.4. The van der Waals surface area contributed by atoms with E-state index in [-0.39, 0.29) is 17.5 Å². The van der Waals surface area contributed by atoms with E-state index in [0.717, 1.165) is 51.6 Å². The Bertz CT molecular complexity index is 417. The molecule has 3 atom stereocenters. The van der Waals surface area contributed by atoms with Crippen molar-refractivity contribution in [2.75, 3.05) is 32.8 Å². The van der Waals surface area contributed by atoms with Gasteiger partial charge in [0.1, 0.15) is 6.10 Å². The van der Waals surface area contributed by atoms with Crippen molar-refractivity contribution in [1.29, 1.82) is 0 Å². The second-order valence-electron chi connectivity index (χ2n) is 8.15. The van der Waals surface area contributed by atoms with E-state index >= 15 is 0 Å². The van der Waals surface area contributed by atoms with Gasteiger partial charge in [-0.05, 0) is 43.6 Å². The lowest BCUT2D eigenvalue weighted by molar-refractivity contribution is -0.157. The van der Waals surface area contributed by atoms with Crippen LogP contribution in [0.1, 0.15) is 52.9 Å². The van der Waals surface area contributed by atoms with Gasteiger partial charge in [0.05, 0.1) is 13.2 Å². The zero-order chi connectivity index (χ0) is 15.8. The summed E-state index contributed by atoms with van der Waals surface area (Å²) >= 11 is 0. The molecule has 4 heteroatoms. The van der Waals surface area contributed by atoms with Gasteiger partial charge in [0.25, 0.3) is 0 Å². The second kappa shape index (κ2) is 6.12. The summed E-state index contributed by atoms with van der Waals surface area (Å²) in [5.41, 5.74) is 0.489. The van der Waals surface area contributed by atoms with Gasteiger partial charge in [0.15, 0.2) is 0 Å². The second-order valence-corrected chi connectivity index (χ2v) is 8.15. The maximum absolute atomic E-state index is 12.2. The smallest absolute Gasteiger partial charge is 0.306 e. The molecule has 1 heterocycles. The quantitative estimate of drug-likeness (QED) is 0.732. The number of hydrogen-bond donors (Lipinski definition) is 0. The van der Waals surface area contributed by atoms with Crippen molar-refractivity contribution in [2.24, 2.45) is 16.7 Å². The molecule has 126 valence electrons. The molecule has 2 bridgehead atoms. The molecule has 3 rings (SSSR count). The first kappa shape index (κ1) is 16.3. The van der Waals surface area contributed by atoms with Gasteiger partial charge in [-0.25, -0.2) is 0 Å². The van der Waals surface area contributed by atoms with Crippen LogP contribution in [-0.2, 0) is 14.3 Å². The van der Waals surface area contributed by atoms with E-state index in [1.807, 2.05) is 0 Å². The Labute approximate surface area is 134 Å². The fourth-order valence-corrected chi connectivity index (χ4v) is 4.80. The van der Waals surface area contributed by atoms with Crippen molar-refractivity contribution in [3.63, 3.8) is 0 Å². The standard InChI is InChI=1S/C18H31NO3/c1-17(2)14-6-7-18(17,3)15(13-14)22-16(20)5-4-8-19-9-11-21-12-10-19/h14-15H,4-13H2,1-3H3/t14-,15+,18+/m0/s1. The minimum Gasteiger partial charge on any atom is -0.462 e. The van der Waals surface area contributed by atoms with Crippen LogP contribution in [-0.4, -0.2) is 49.8 Å². The number of morpholine rings is 1. The molecule has 1 saturated heterocycles. The molecule has 4 nitrogen and oxygen atoms in total. The van der Waals surface area contributed by atoms with Crippen LogP contribution < -0.4 is 0 Å². The third-order valence-electron chi connectivity index (χ3n) is 6.95. The first-order valence-electron chi connectivity index (χ1n) is 8.93. The number of ether oxygens (including phenoxy) is 2. The molecule has 3 fully saturated rings. The van der Waals surface area contributed by atoms with Crippen LogP contribution in [0.25, 0.3) is 0 Å². The number of esters is 1. The lowest BCUT2D eigenvalue weighted by Gasteiger charge is -2.38. The number of carbonyl (C=O) groups is 1. The lowest BCUT2D eigenvalue weighted by Crippen LogP contribution is -2.39. The summed E-state index contributed by atoms with van der Waals surface area (Å²) in [4.78, 5) is 14.6. The number of carbonyl (C=O) groups excluding carboxylic acids is 1. The Morgan fingerprint density at radius 3 is 2.59 bits per heavy atom. The zero-order valence-electron chi connectivity index (χ0n) is 14.4. The van der Waals surface area contributed by atoms with Crippen molar-refractivity contribution in [3.05, 3.63) is 0 Å². The molecule has 0 aromatic carbocycles. The van der Waals surface area contributed by atoms with Crippen molar-refractivity contribution >= 4 is 5.97 Å². The van der Waals surface area contributed by atoms with Crippen LogP contribution in [0.3, 0.4) is 0 Å². The number of nitrogens with zero attached hydrogens (tertiary/aromatic N) is 1. The van der Waals surface area contributed by atoms with E-state index in [0.29, 0.717) is 11.8 Å². The largest absolute Gasteiger partial charge is 0.462 e. The maximum atomic E-state index is 12.2. The topological polar surface area (TPSA) is 38.8 Å². The van der Waals surface area contributed by atoms with Crippen molar-refractivity contribution in [3.8, 4) is 0 Å². The molecule has 3 aliphatic rings. The molecule has 0 amide bonds. The Morgan fingerprint density at radius 2 is 2.00 bits per heavy atom. The Hall–Kier alpha value is -0.610. The van der Waals surface area contributed by atoms with Crippen LogP contribution in [0.5, 0.6) is 0 Å². The van der Waals surface area contributed by atoms with Crippen LogP contribution in [0.4, 0.5) is 0 Å². The summed E-state index contributed by atoms with van der Waals surface area (Å²) in [5, 5.41) is 0. The van der Waals surface area contributed by atoms with Crippen LogP contribution >= 0.6 is 0 Å². The molecule has 22 heavy (non-hydrogen) atoms. The average molecular weight is 309 g/mol. The fraction of sp³-hybridized carbons (Fsp3) is 0.944. The van der Waals surface area contributed by atoms with Gasteiger partial charge in [0, 0.05) is 24.9 Å². The Balaban J connectivity index is 1.43. The first-order valence-corrected chi connectivity index (χ1v) is 8.93. The van der Waals surface area contributed by atoms with Gasteiger partial charge in [-0.2, -0.15) is 0 Å². The van der Waals surface area contributed by atoms with E-state index in [1.54, 1.807) is 0 Å². The van der Waals surface area contributed by atoms with Crippen LogP contribution in [0.15, 0.2) is 0 Å². The van der Waals surface area contributed by atoms with Crippen molar-refractivity contribution in [2.45, 2.75) is 59.0 Å². The molecule has 0 N–H and O–H groups in total. The van der Waals surface area contributed by atoms with Gasteiger partial charge >= 0.3 is 5.97 Å². The first-order chi connectivity index (χ1) is 10.4. The number of fused-ring (bicyclic) bond motifs is 2. The predicted octanol–water partition coefficient (Wildman–Crippen LogP) is 2.86. The van der Waals surface area contributed by atoms with Crippen molar-refractivity contribution in [1.82, 2.24) is 4.90 Å². The minimum absolute atomic E-state index is 0.00262. The molecule has 2 aliphatic carbocycles. The third kappa shape index (κ3) is 2.80. The molecule has 0 aromatic rings. The number of rotatable bonds is 5. The predicted molar refractivity (Wildman–Crippen MR) is 85.6 cm³/mol. The van der Waals surface area contributed by atoms with Crippen LogP contribution in [0.2, 0.25) is 0 Å². The lowest BCUT2D eigenvalue weighted by atomic mass is 9.70. The summed E-state index contributed by atoms with van der Waals surface area (Å²) in [7, 11) is 0. The third-order valence-corrected chi connectivity index (χ3v) is 6.95. The molecular formula is C18H31NO3. The molecule has 2 saturated carbocycles. The highest BCUT2D eigenvalue weighted by Gasteiger charge is 2.62. The van der Waals surface area contributed by atoms with E-state index in [2.05, 4.69) is 25.7 Å². The molecule has 0 spiro atoms. The van der Waals surface area contributed by atoms with Gasteiger partial charge in [-0.3, -0.25) is 9.69 Å². The van der Waals surface area contributed by atoms with Gasteiger partial charge in [0.2, 0.25) is 0 Å². The van der Waals surface area contributed by atoms with E-state index in [1.165, 1.54) is 12.8 Å². The summed E-state index contributed by atoms with van der Waals surface area (Å²) in [6.45, 7) is 11.6. The molecular weight excluding hydrogens is 278 g/mol. The summed E-state index contributed by atoms with van der Waals surface area (Å²) in [6, 6.07) is 0. The summed E-state index contributed by atoms with van der Waals surface area (Å²) in [6.07, 6.45) is 5.16. The highest BCUT2D eigenvalue weighted by atomic mass is 16.5. The van der Waals surface area contributed by atoms with Gasteiger partial charge < -0.3 is 9.47 Å². The molecule has 0 radical (unpaired) electrons. The SMILES string of the molecule is CC1(C)[C@H]2CC[C@]1(C)[C@H](OC(=O)CCCN1CCOCC1)C2. The maximum Gasteiger partial charge on any atom is 0.306 e. The monoisotopic (exact) mass is 309 g/mol. The number of hydrogen-bond acceptors (Lipinski definition) is 4. The van der Waals surface area contributed by atoms with Crippen LogP contribution in [0, 0.1) is 16.7 Å². The Morgan fingerprint density at radius 1 is 1.27 bits per heavy atom. The van der Waals surface area contributed by atoms with E-state index < -0.39 is 0 Å². The highest BCUT2D eigenvalue weighted by molar-refractivity contribution is 5.69. The zero-order valence-corrected chi connectivity index (χ0v) is 14.4.